The van der Waals surface area contributed by atoms with Crippen LogP contribution in [-0.2, 0) is 6.42 Å². The maximum Gasteiger partial charge on any atom is 0.0708 e. The quantitative estimate of drug-likeness (QED) is 0.241. The van der Waals surface area contributed by atoms with Gasteiger partial charge in [0.05, 0.1) is 18.6 Å². The van der Waals surface area contributed by atoms with Gasteiger partial charge in [-0.2, -0.15) is 15.3 Å². The molecule has 0 aromatic heterocycles. The van der Waals surface area contributed by atoms with Crippen LogP contribution >= 0.6 is 0 Å². The molecule has 0 aliphatic rings. The van der Waals surface area contributed by atoms with Gasteiger partial charge in [-0.05, 0) is 56.4 Å². The Hall–Kier alpha value is -1.98. The van der Waals surface area contributed by atoms with Gasteiger partial charge in [-0.1, -0.05) is 43.7 Å². The van der Waals surface area contributed by atoms with Gasteiger partial charge in [0.25, 0.3) is 0 Å². The van der Waals surface area contributed by atoms with Crippen molar-refractivity contribution in [3.63, 3.8) is 0 Å². The minimum absolute atomic E-state index is 0.0208. The van der Waals surface area contributed by atoms with Crippen molar-refractivity contribution in [2.24, 2.45) is 21.3 Å². The summed E-state index contributed by atoms with van der Waals surface area (Å²) in [6.45, 7) is 2.69. The Morgan fingerprint density at radius 2 is 1.52 bits per heavy atom. The molecule has 0 aliphatic carbocycles. The van der Waals surface area contributed by atoms with Crippen LogP contribution in [-0.4, -0.2) is 18.6 Å². The molecule has 1 aromatic carbocycles. The third-order valence-corrected chi connectivity index (χ3v) is 4.62. The minimum atomic E-state index is 0.0208. The molecule has 3 N–H and O–H groups in total. The number of nitrogens with zero attached hydrogens (tertiary/aromatic N) is 3. The van der Waals surface area contributed by atoms with Crippen LogP contribution in [0, 0.1) is 22.5 Å². The molecule has 0 fully saturated rings. The molecule has 0 bridgehead atoms. The first kappa shape index (κ1) is 21.1. The standard InChI is InChI=1S/C19H32N6/c1-2-8-18(24-21)14-17(13-16-9-4-3-5-10-16)15-19(25-22)11-6-7-12-23-20/h3-5,9-10,17-22H,2,6-8,11-15H2,1H3. The SMILES string of the molecule is CCCC(CC(Cc1ccccc1)CC(CCCCN=N)N=N)N=N. The predicted molar refractivity (Wildman–Crippen MR) is 99.5 cm³/mol. The molecule has 1 aromatic rings. The molecule has 3 atom stereocenters. The monoisotopic (exact) mass is 344 g/mol. The summed E-state index contributed by atoms with van der Waals surface area (Å²) in [5.41, 5.74) is 23.1. The molecule has 6 nitrogen and oxygen atoms in total. The first-order valence-corrected chi connectivity index (χ1v) is 9.33. The van der Waals surface area contributed by atoms with Crippen molar-refractivity contribution >= 4 is 0 Å². The Labute approximate surface area is 151 Å². The topological polar surface area (TPSA) is 109 Å². The lowest BCUT2D eigenvalue weighted by Crippen LogP contribution is -2.19. The third-order valence-electron chi connectivity index (χ3n) is 4.62. The summed E-state index contributed by atoms with van der Waals surface area (Å²) in [4.78, 5) is 0. The van der Waals surface area contributed by atoms with Gasteiger partial charge in [0.2, 0.25) is 0 Å². The van der Waals surface area contributed by atoms with E-state index in [1.165, 1.54) is 5.56 Å². The highest BCUT2D eigenvalue weighted by molar-refractivity contribution is 5.15. The fourth-order valence-electron chi connectivity index (χ4n) is 3.35. The summed E-state index contributed by atoms with van der Waals surface area (Å²) in [7, 11) is 0. The Morgan fingerprint density at radius 1 is 0.880 bits per heavy atom. The van der Waals surface area contributed by atoms with Gasteiger partial charge in [-0.3, -0.25) is 0 Å². The van der Waals surface area contributed by atoms with E-state index in [1.807, 2.05) is 6.07 Å². The molecule has 0 amide bonds. The highest BCUT2D eigenvalue weighted by Gasteiger charge is 2.20. The highest BCUT2D eigenvalue weighted by Crippen LogP contribution is 2.25. The summed E-state index contributed by atoms with van der Waals surface area (Å²) >= 11 is 0. The summed E-state index contributed by atoms with van der Waals surface area (Å²) in [5, 5.41) is 11.0. The highest BCUT2D eigenvalue weighted by atomic mass is 15.0. The van der Waals surface area contributed by atoms with Crippen LogP contribution in [0.3, 0.4) is 0 Å². The van der Waals surface area contributed by atoms with Gasteiger partial charge in [0, 0.05) is 0 Å². The molecule has 0 spiro atoms. The van der Waals surface area contributed by atoms with Crippen LogP contribution in [0.15, 0.2) is 45.7 Å². The molecular weight excluding hydrogens is 312 g/mol. The molecule has 25 heavy (non-hydrogen) atoms. The van der Waals surface area contributed by atoms with E-state index in [-0.39, 0.29) is 12.1 Å². The third kappa shape index (κ3) is 9.17. The normalized spacial score (nSPS) is 14.4. The fraction of sp³-hybridized carbons (Fsp3) is 0.684. The van der Waals surface area contributed by atoms with Gasteiger partial charge in [-0.25, -0.2) is 16.6 Å². The number of hydrogen-bond acceptors (Lipinski definition) is 6. The molecule has 3 unspecified atom stereocenters. The molecule has 6 heteroatoms. The second kappa shape index (κ2) is 13.3. The van der Waals surface area contributed by atoms with Gasteiger partial charge < -0.3 is 0 Å². The van der Waals surface area contributed by atoms with Crippen LogP contribution in [0.4, 0.5) is 0 Å². The van der Waals surface area contributed by atoms with Gasteiger partial charge in [0.15, 0.2) is 0 Å². The Kier molecular flexibility index (Phi) is 11.2. The minimum Gasteiger partial charge on any atom is -0.210 e. The molecule has 0 radical (unpaired) electrons. The smallest absolute Gasteiger partial charge is 0.0708 e. The van der Waals surface area contributed by atoms with Gasteiger partial charge in [-0.15, -0.1) is 0 Å². The van der Waals surface area contributed by atoms with E-state index in [0.717, 1.165) is 51.4 Å². The number of unbranched alkanes of at least 4 members (excludes halogenated alkanes) is 1. The van der Waals surface area contributed by atoms with Crippen molar-refractivity contribution in [1.82, 2.24) is 0 Å². The number of nitrogens with one attached hydrogen (secondary N) is 3. The number of benzene rings is 1. The first-order valence-electron chi connectivity index (χ1n) is 9.33. The molecular formula is C19H32N6. The van der Waals surface area contributed by atoms with Crippen molar-refractivity contribution in [1.29, 1.82) is 16.6 Å². The lowest BCUT2D eigenvalue weighted by atomic mass is 9.85. The van der Waals surface area contributed by atoms with Crippen molar-refractivity contribution < 1.29 is 0 Å². The second-order valence-corrected chi connectivity index (χ2v) is 6.76. The summed E-state index contributed by atoms with van der Waals surface area (Å²) in [5.74, 6) is 0.382. The van der Waals surface area contributed by atoms with Gasteiger partial charge in [0.1, 0.15) is 0 Å². The predicted octanol–water partition coefficient (Wildman–Crippen LogP) is 6.43. The Morgan fingerprint density at radius 3 is 2.08 bits per heavy atom. The summed E-state index contributed by atoms with van der Waals surface area (Å²) in [6, 6.07) is 10.5. The summed E-state index contributed by atoms with van der Waals surface area (Å²) < 4.78 is 0. The number of hydrogen-bond donors (Lipinski definition) is 3. The lowest BCUT2D eigenvalue weighted by Gasteiger charge is -2.23. The van der Waals surface area contributed by atoms with Gasteiger partial charge >= 0.3 is 0 Å². The molecule has 0 saturated heterocycles. The molecule has 138 valence electrons. The van der Waals surface area contributed by atoms with E-state index >= 15 is 0 Å². The lowest BCUT2D eigenvalue weighted by molar-refractivity contribution is 0.341. The summed E-state index contributed by atoms with van der Waals surface area (Å²) in [6.07, 6.45) is 7.41. The van der Waals surface area contributed by atoms with Crippen LogP contribution < -0.4 is 0 Å². The maximum absolute atomic E-state index is 7.53. The van der Waals surface area contributed by atoms with Crippen molar-refractivity contribution in [3.8, 4) is 0 Å². The van der Waals surface area contributed by atoms with Crippen molar-refractivity contribution in [3.05, 3.63) is 35.9 Å². The zero-order valence-electron chi connectivity index (χ0n) is 15.3. The van der Waals surface area contributed by atoms with Crippen LogP contribution in [0.25, 0.3) is 0 Å². The van der Waals surface area contributed by atoms with E-state index in [9.17, 15) is 0 Å². The zero-order valence-corrected chi connectivity index (χ0v) is 15.3. The molecule has 0 heterocycles. The average molecular weight is 345 g/mol. The van der Waals surface area contributed by atoms with E-state index < -0.39 is 0 Å². The van der Waals surface area contributed by atoms with Crippen LogP contribution in [0.5, 0.6) is 0 Å². The molecule has 0 aliphatic heterocycles. The van der Waals surface area contributed by atoms with Crippen LogP contribution in [0.2, 0.25) is 0 Å². The van der Waals surface area contributed by atoms with Crippen LogP contribution in [0.1, 0.15) is 57.4 Å². The Bertz CT molecular complexity index is 490. The first-order chi connectivity index (χ1) is 12.2. The molecule has 0 saturated carbocycles. The van der Waals surface area contributed by atoms with E-state index in [0.29, 0.717) is 12.5 Å². The fourth-order valence-corrected chi connectivity index (χ4v) is 3.35. The van der Waals surface area contributed by atoms with E-state index in [4.69, 9.17) is 16.6 Å². The van der Waals surface area contributed by atoms with E-state index in [2.05, 4.69) is 46.5 Å². The maximum atomic E-state index is 7.53. The second-order valence-electron chi connectivity index (χ2n) is 6.76. The van der Waals surface area contributed by atoms with Crippen molar-refractivity contribution in [2.45, 2.75) is 70.4 Å². The largest absolute Gasteiger partial charge is 0.210 e. The Balaban J connectivity index is 2.68. The van der Waals surface area contributed by atoms with Crippen molar-refractivity contribution in [2.75, 3.05) is 6.54 Å². The number of rotatable bonds is 15. The van der Waals surface area contributed by atoms with E-state index in [1.54, 1.807) is 0 Å². The zero-order chi connectivity index (χ0) is 18.3. The molecule has 1 rings (SSSR count). The average Bonchev–Trinajstić information content (AvgIpc) is 2.64.